The number of nitrogens with zero attached hydrogens (tertiary/aromatic N) is 2. The molecule has 6 rings (SSSR count). The van der Waals surface area contributed by atoms with Crippen molar-refractivity contribution in [1.82, 2.24) is 9.97 Å². The maximum atomic E-state index is 5.35. The minimum absolute atomic E-state index is 0.837. The molecule has 6 aromatic rings. The van der Waals surface area contributed by atoms with Gasteiger partial charge in [0, 0.05) is 17.1 Å². The minimum Gasteiger partial charge on any atom is -0.497 e. The second-order valence-corrected chi connectivity index (χ2v) is 8.33. The molecule has 0 atom stereocenters. The SMILES string of the molecule is COc1ccc(-c2cc(-c3ccc4ccccc4c3)nc(-c3cc4ccccc4cn3)c2)cc1. The number of rotatable bonds is 4. The number of methoxy groups -OCH3 is 1. The number of hydrogen-bond acceptors (Lipinski definition) is 3. The van der Waals surface area contributed by atoms with Crippen molar-refractivity contribution in [1.29, 1.82) is 0 Å². The Bertz CT molecular complexity index is 1540. The van der Waals surface area contributed by atoms with Gasteiger partial charge in [-0.15, -0.1) is 0 Å². The fourth-order valence-electron chi connectivity index (χ4n) is 4.33. The van der Waals surface area contributed by atoms with Gasteiger partial charge in [0.15, 0.2) is 0 Å². The Kier molecular flexibility index (Phi) is 5.00. The summed E-state index contributed by atoms with van der Waals surface area (Å²) in [5, 5.41) is 4.68. The van der Waals surface area contributed by atoms with Gasteiger partial charge in [-0.2, -0.15) is 0 Å². The van der Waals surface area contributed by atoms with Crippen LogP contribution in [0.5, 0.6) is 5.75 Å². The molecule has 0 saturated heterocycles. The van der Waals surface area contributed by atoms with Crippen molar-refractivity contribution in [2.75, 3.05) is 7.11 Å². The molecule has 3 heteroatoms. The molecule has 0 amide bonds. The highest BCUT2D eigenvalue weighted by molar-refractivity contribution is 5.89. The lowest BCUT2D eigenvalue weighted by molar-refractivity contribution is 0.415. The largest absolute Gasteiger partial charge is 0.497 e. The summed E-state index contributed by atoms with van der Waals surface area (Å²) < 4.78 is 5.35. The highest BCUT2D eigenvalue weighted by Gasteiger charge is 2.11. The molecule has 2 aromatic heterocycles. The normalized spacial score (nSPS) is 11.1. The summed E-state index contributed by atoms with van der Waals surface area (Å²) in [7, 11) is 1.68. The van der Waals surface area contributed by atoms with Gasteiger partial charge in [-0.25, -0.2) is 4.98 Å². The van der Waals surface area contributed by atoms with E-state index in [4.69, 9.17) is 14.7 Å². The Balaban J connectivity index is 1.54. The second kappa shape index (κ2) is 8.45. The first kappa shape index (κ1) is 20.1. The first-order valence-corrected chi connectivity index (χ1v) is 11.3. The van der Waals surface area contributed by atoms with E-state index in [-0.39, 0.29) is 0 Å². The fourth-order valence-corrected chi connectivity index (χ4v) is 4.33. The first-order valence-electron chi connectivity index (χ1n) is 11.3. The average Bonchev–Trinajstić information content (AvgIpc) is 2.92. The number of benzene rings is 4. The van der Waals surface area contributed by atoms with E-state index in [9.17, 15) is 0 Å². The number of fused-ring (bicyclic) bond motifs is 2. The molecule has 2 heterocycles. The Labute approximate surface area is 198 Å². The molecular weight excluding hydrogens is 416 g/mol. The molecule has 0 aliphatic carbocycles. The first-order chi connectivity index (χ1) is 16.8. The molecule has 0 aliphatic rings. The Morgan fingerprint density at radius 1 is 0.500 bits per heavy atom. The van der Waals surface area contributed by atoms with Crippen LogP contribution in [0.25, 0.3) is 55.3 Å². The van der Waals surface area contributed by atoms with Gasteiger partial charge in [0.2, 0.25) is 0 Å². The van der Waals surface area contributed by atoms with E-state index in [1.807, 2.05) is 30.5 Å². The zero-order valence-corrected chi connectivity index (χ0v) is 18.8. The van der Waals surface area contributed by atoms with Crippen molar-refractivity contribution in [3.05, 3.63) is 115 Å². The lowest BCUT2D eigenvalue weighted by atomic mass is 9.99. The van der Waals surface area contributed by atoms with Gasteiger partial charge in [-0.1, -0.05) is 72.8 Å². The van der Waals surface area contributed by atoms with Crippen molar-refractivity contribution in [2.24, 2.45) is 0 Å². The maximum Gasteiger partial charge on any atom is 0.118 e. The number of ether oxygens (including phenoxy) is 1. The van der Waals surface area contributed by atoms with Crippen molar-refractivity contribution < 1.29 is 4.74 Å². The lowest BCUT2D eigenvalue weighted by Crippen LogP contribution is -1.93. The summed E-state index contributed by atoms with van der Waals surface area (Å²) in [4.78, 5) is 9.80. The van der Waals surface area contributed by atoms with Crippen LogP contribution >= 0.6 is 0 Å². The third-order valence-corrected chi connectivity index (χ3v) is 6.19. The smallest absolute Gasteiger partial charge is 0.118 e. The van der Waals surface area contributed by atoms with Gasteiger partial charge in [-0.05, 0) is 63.7 Å². The van der Waals surface area contributed by atoms with E-state index in [0.29, 0.717) is 0 Å². The van der Waals surface area contributed by atoms with E-state index < -0.39 is 0 Å². The number of hydrogen-bond donors (Lipinski definition) is 0. The third kappa shape index (κ3) is 3.78. The third-order valence-electron chi connectivity index (χ3n) is 6.19. The van der Waals surface area contributed by atoms with Crippen LogP contribution in [0.2, 0.25) is 0 Å². The fraction of sp³-hybridized carbons (Fsp3) is 0.0323. The zero-order valence-electron chi connectivity index (χ0n) is 18.8. The Hall–Kier alpha value is -4.50. The topological polar surface area (TPSA) is 35.0 Å². The molecule has 3 nitrogen and oxygen atoms in total. The minimum atomic E-state index is 0.837. The van der Waals surface area contributed by atoms with E-state index in [2.05, 4.69) is 84.9 Å². The van der Waals surface area contributed by atoms with Crippen LogP contribution in [0, 0.1) is 0 Å². The Morgan fingerprint density at radius 3 is 1.91 bits per heavy atom. The quantitative estimate of drug-likeness (QED) is 0.282. The van der Waals surface area contributed by atoms with Crippen LogP contribution in [-0.2, 0) is 0 Å². The van der Waals surface area contributed by atoms with Crippen molar-refractivity contribution >= 4 is 21.5 Å². The standard InChI is InChI=1S/C31H22N2O/c1-34-28-14-12-22(13-15-28)27-18-29(25-11-10-21-6-2-3-7-23(21)16-25)33-31(19-27)30-17-24-8-4-5-9-26(24)20-32-30/h2-20H,1H3. The highest BCUT2D eigenvalue weighted by atomic mass is 16.5. The summed E-state index contributed by atoms with van der Waals surface area (Å²) in [5.74, 6) is 0.837. The summed E-state index contributed by atoms with van der Waals surface area (Å²) in [6, 6.07) is 37.7. The lowest BCUT2D eigenvalue weighted by Gasteiger charge is -2.11. The second-order valence-electron chi connectivity index (χ2n) is 8.33. The number of aromatic nitrogens is 2. The highest BCUT2D eigenvalue weighted by Crippen LogP contribution is 2.32. The predicted octanol–water partition coefficient (Wildman–Crippen LogP) is 7.79. The van der Waals surface area contributed by atoms with E-state index in [1.165, 1.54) is 10.8 Å². The molecule has 0 bridgehead atoms. The summed E-state index contributed by atoms with van der Waals surface area (Å²) in [6.45, 7) is 0. The molecule has 4 aromatic carbocycles. The molecule has 0 radical (unpaired) electrons. The van der Waals surface area contributed by atoms with E-state index in [1.54, 1.807) is 7.11 Å². The molecule has 0 saturated carbocycles. The van der Waals surface area contributed by atoms with Crippen LogP contribution in [0.3, 0.4) is 0 Å². The van der Waals surface area contributed by atoms with Crippen molar-refractivity contribution in [3.8, 4) is 39.5 Å². The van der Waals surface area contributed by atoms with Gasteiger partial charge in [0.05, 0.1) is 24.2 Å². The van der Waals surface area contributed by atoms with Gasteiger partial charge < -0.3 is 4.74 Å². The van der Waals surface area contributed by atoms with Crippen molar-refractivity contribution in [2.45, 2.75) is 0 Å². The molecule has 0 N–H and O–H groups in total. The summed E-state index contributed by atoms with van der Waals surface area (Å²) in [5.41, 5.74) is 5.90. The molecule has 0 aliphatic heterocycles. The van der Waals surface area contributed by atoms with E-state index >= 15 is 0 Å². The molecule has 0 unspecified atom stereocenters. The van der Waals surface area contributed by atoms with Crippen LogP contribution in [0.1, 0.15) is 0 Å². The van der Waals surface area contributed by atoms with Gasteiger partial charge in [-0.3, -0.25) is 4.98 Å². The summed E-state index contributed by atoms with van der Waals surface area (Å²) >= 11 is 0. The van der Waals surface area contributed by atoms with Crippen LogP contribution in [0.4, 0.5) is 0 Å². The predicted molar refractivity (Wildman–Crippen MR) is 140 cm³/mol. The van der Waals surface area contributed by atoms with Crippen LogP contribution in [0.15, 0.2) is 115 Å². The van der Waals surface area contributed by atoms with Crippen LogP contribution < -0.4 is 4.74 Å². The molecule has 162 valence electrons. The molecule has 34 heavy (non-hydrogen) atoms. The average molecular weight is 439 g/mol. The molecule has 0 spiro atoms. The number of pyridine rings is 2. The summed E-state index contributed by atoms with van der Waals surface area (Å²) in [6.07, 6.45) is 1.92. The van der Waals surface area contributed by atoms with Crippen molar-refractivity contribution in [3.63, 3.8) is 0 Å². The Morgan fingerprint density at radius 2 is 1.15 bits per heavy atom. The van der Waals surface area contributed by atoms with Crippen LogP contribution in [-0.4, -0.2) is 17.1 Å². The maximum absolute atomic E-state index is 5.35. The molecular formula is C31H22N2O. The molecule has 0 fully saturated rings. The monoisotopic (exact) mass is 438 g/mol. The zero-order chi connectivity index (χ0) is 22.9. The van der Waals surface area contributed by atoms with E-state index in [0.717, 1.165) is 50.3 Å². The van der Waals surface area contributed by atoms with Gasteiger partial charge in [0.1, 0.15) is 5.75 Å². The van der Waals surface area contributed by atoms with Gasteiger partial charge >= 0.3 is 0 Å². The van der Waals surface area contributed by atoms with Gasteiger partial charge in [0.25, 0.3) is 0 Å².